The number of likely N-dealkylation sites (tertiary alicyclic amines) is 1. The lowest BCUT2D eigenvalue weighted by atomic mass is 9.94. The van der Waals surface area contributed by atoms with Crippen LogP contribution in [0.4, 0.5) is 4.79 Å². The number of hydrogen-bond acceptors (Lipinski definition) is 5. The Morgan fingerprint density at radius 1 is 1.08 bits per heavy atom. The first-order valence-electron chi connectivity index (χ1n) is 13.4. The van der Waals surface area contributed by atoms with Crippen LogP contribution in [0.2, 0.25) is 0 Å². The average Bonchev–Trinajstić information content (AvgIpc) is 3.23. The van der Waals surface area contributed by atoms with E-state index in [0.717, 1.165) is 5.56 Å². The van der Waals surface area contributed by atoms with Crippen molar-refractivity contribution < 1.29 is 23.9 Å². The molecule has 0 radical (unpaired) electrons. The minimum absolute atomic E-state index is 0.0946. The number of likely N-dealkylation sites (N-methyl/N-ethyl adjacent to an activating group) is 1. The molecular weight excluding hydrogens is 472 g/mol. The molecule has 9 heteroatoms. The minimum atomic E-state index is -0.637. The molecule has 0 saturated carbocycles. The number of hydrogen-bond donors (Lipinski definition) is 1. The maximum Gasteiger partial charge on any atom is 0.322 e. The normalized spacial score (nSPS) is 21.3. The van der Waals surface area contributed by atoms with Crippen molar-refractivity contribution in [2.45, 2.75) is 59.0 Å². The number of urea groups is 1. The highest BCUT2D eigenvalue weighted by atomic mass is 16.5. The number of amides is 4. The number of esters is 1. The van der Waals surface area contributed by atoms with Crippen molar-refractivity contribution in [2.75, 3.05) is 32.8 Å². The zero-order valence-electron chi connectivity index (χ0n) is 22.2. The second-order valence-electron chi connectivity index (χ2n) is 10.3. The van der Waals surface area contributed by atoms with Gasteiger partial charge in [-0.15, -0.1) is 0 Å². The molecule has 4 amide bonds. The molecule has 1 N–H and O–H groups in total. The summed E-state index contributed by atoms with van der Waals surface area (Å²) in [5, 5.41) is 3.00. The number of carbonyl (C=O) groups excluding carboxylic acids is 4. The van der Waals surface area contributed by atoms with Crippen molar-refractivity contribution in [3.63, 3.8) is 0 Å². The van der Waals surface area contributed by atoms with E-state index in [1.165, 1.54) is 0 Å². The molecule has 0 spiro atoms. The summed E-state index contributed by atoms with van der Waals surface area (Å²) in [6.45, 7) is 9.66. The van der Waals surface area contributed by atoms with Crippen molar-refractivity contribution >= 4 is 23.8 Å². The molecule has 0 aliphatic carbocycles. The number of ether oxygens (including phenoxy) is 1. The predicted molar refractivity (Wildman–Crippen MR) is 138 cm³/mol. The zero-order valence-corrected chi connectivity index (χ0v) is 22.2. The Hall–Kier alpha value is -3.36. The Balaban J connectivity index is 1.58. The van der Waals surface area contributed by atoms with E-state index in [1.54, 1.807) is 21.6 Å². The van der Waals surface area contributed by atoms with E-state index in [4.69, 9.17) is 4.74 Å². The second-order valence-corrected chi connectivity index (χ2v) is 10.3. The minimum Gasteiger partial charge on any atom is -0.466 e. The summed E-state index contributed by atoms with van der Waals surface area (Å²) in [5.74, 6) is -0.519. The number of benzene rings is 1. The van der Waals surface area contributed by atoms with Gasteiger partial charge in [0.05, 0.1) is 36.4 Å². The highest BCUT2D eigenvalue weighted by Crippen LogP contribution is 2.38. The van der Waals surface area contributed by atoms with Gasteiger partial charge in [0.2, 0.25) is 5.91 Å². The van der Waals surface area contributed by atoms with Crippen LogP contribution < -0.4 is 5.32 Å². The summed E-state index contributed by atoms with van der Waals surface area (Å²) in [5.41, 5.74) is 2.05. The number of nitrogens with zero attached hydrogens (tertiary/aromatic N) is 3. The fourth-order valence-electron chi connectivity index (χ4n) is 5.61. The summed E-state index contributed by atoms with van der Waals surface area (Å²) < 4.78 is 5.16. The van der Waals surface area contributed by atoms with Crippen molar-refractivity contribution in [1.29, 1.82) is 0 Å². The Morgan fingerprint density at radius 3 is 2.35 bits per heavy atom. The Kier molecular flexibility index (Phi) is 8.19. The number of rotatable bonds is 8. The van der Waals surface area contributed by atoms with Gasteiger partial charge in [-0.25, -0.2) is 4.79 Å². The monoisotopic (exact) mass is 510 g/mol. The lowest BCUT2D eigenvalue weighted by molar-refractivity contribution is -0.152. The molecule has 1 saturated heterocycles. The second kappa shape index (κ2) is 11.4. The Bertz CT molecular complexity index is 1060. The maximum absolute atomic E-state index is 14.0. The molecule has 0 aromatic heterocycles. The van der Waals surface area contributed by atoms with E-state index >= 15 is 0 Å². The van der Waals surface area contributed by atoms with Crippen LogP contribution in [0.25, 0.3) is 0 Å². The molecule has 3 aliphatic rings. The molecule has 1 aromatic carbocycles. The third kappa shape index (κ3) is 5.36. The summed E-state index contributed by atoms with van der Waals surface area (Å²) in [6.07, 6.45) is 1.63. The number of nitrogens with one attached hydrogen (secondary N) is 1. The molecule has 4 rings (SSSR count). The van der Waals surface area contributed by atoms with Crippen LogP contribution in [0.3, 0.4) is 0 Å². The number of piperidine rings is 1. The summed E-state index contributed by atoms with van der Waals surface area (Å²) in [6, 6.07) is 8.04. The third-order valence-corrected chi connectivity index (χ3v) is 7.48. The molecule has 1 fully saturated rings. The Labute approximate surface area is 218 Å². The predicted octanol–water partition coefficient (Wildman–Crippen LogP) is 3.09. The van der Waals surface area contributed by atoms with E-state index in [-0.39, 0.29) is 42.2 Å². The van der Waals surface area contributed by atoms with Crippen LogP contribution in [0.1, 0.15) is 58.6 Å². The van der Waals surface area contributed by atoms with Crippen LogP contribution in [0.5, 0.6) is 0 Å². The van der Waals surface area contributed by atoms with Gasteiger partial charge in [-0.05, 0) is 44.6 Å². The highest BCUT2D eigenvalue weighted by Gasteiger charge is 2.47. The van der Waals surface area contributed by atoms with Crippen LogP contribution in [-0.4, -0.2) is 77.3 Å². The van der Waals surface area contributed by atoms with Gasteiger partial charge < -0.3 is 19.9 Å². The fourth-order valence-corrected chi connectivity index (χ4v) is 5.61. The molecule has 1 aromatic rings. The zero-order chi connectivity index (χ0) is 26.7. The van der Waals surface area contributed by atoms with Crippen molar-refractivity contribution in [3.05, 3.63) is 47.2 Å². The molecule has 9 nitrogen and oxygen atoms in total. The molecule has 2 atom stereocenters. The lowest BCUT2D eigenvalue weighted by Gasteiger charge is -2.37. The largest absolute Gasteiger partial charge is 0.466 e. The van der Waals surface area contributed by atoms with E-state index in [0.29, 0.717) is 56.8 Å². The van der Waals surface area contributed by atoms with E-state index < -0.39 is 12.1 Å². The molecular formula is C28H38N4O5. The van der Waals surface area contributed by atoms with Gasteiger partial charge in [0, 0.05) is 19.6 Å². The van der Waals surface area contributed by atoms with E-state index in [1.807, 2.05) is 51.1 Å². The van der Waals surface area contributed by atoms with Crippen LogP contribution in [0, 0.1) is 11.8 Å². The summed E-state index contributed by atoms with van der Waals surface area (Å²) >= 11 is 0. The van der Waals surface area contributed by atoms with Gasteiger partial charge in [-0.1, -0.05) is 44.2 Å². The van der Waals surface area contributed by atoms with Crippen molar-refractivity contribution in [3.8, 4) is 0 Å². The van der Waals surface area contributed by atoms with Gasteiger partial charge in [-0.2, -0.15) is 0 Å². The van der Waals surface area contributed by atoms with Crippen molar-refractivity contribution in [1.82, 2.24) is 20.0 Å². The van der Waals surface area contributed by atoms with Gasteiger partial charge in [-0.3, -0.25) is 19.3 Å². The standard InChI is InChI=1S/C28H38N4O5/c1-5-31-22-17-32(26(34)23(22)24(29-28(31)36)19-10-8-7-9-11-19)21(16-18(3)4)25(33)30-14-12-20(13-15-30)27(35)37-6-2/h7-11,18,20-21,24H,5-6,12-17H2,1-4H3,(H,29,36)/t21-,24-/m1/s1. The molecule has 0 unspecified atom stereocenters. The van der Waals surface area contributed by atoms with E-state index in [9.17, 15) is 19.2 Å². The lowest BCUT2D eigenvalue weighted by Crippen LogP contribution is -2.52. The van der Waals surface area contributed by atoms with Gasteiger partial charge in [0.15, 0.2) is 0 Å². The maximum atomic E-state index is 14.0. The number of carbonyl (C=O) groups is 4. The molecule has 3 aliphatic heterocycles. The van der Waals surface area contributed by atoms with Crippen LogP contribution in [-0.2, 0) is 19.1 Å². The fraction of sp³-hybridized carbons (Fsp3) is 0.571. The van der Waals surface area contributed by atoms with Crippen LogP contribution in [0.15, 0.2) is 41.6 Å². The van der Waals surface area contributed by atoms with Gasteiger partial charge in [0.1, 0.15) is 6.04 Å². The van der Waals surface area contributed by atoms with Crippen LogP contribution >= 0.6 is 0 Å². The quantitative estimate of drug-likeness (QED) is 0.542. The topological polar surface area (TPSA) is 99.3 Å². The average molecular weight is 511 g/mol. The summed E-state index contributed by atoms with van der Waals surface area (Å²) in [7, 11) is 0. The van der Waals surface area contributed by atoms with Crippen molar-refractivity contribution in [2.24, 2.45) is 11.8 Å². The highest BCUT2D eigenvalue weighted by molar-refractivity contribution is 6.03. The first kappa shape index (κ1) is 26.7. The first-order chi connectivity index (χ1) is 17.8. The smallest absolute Gasteiger partial charge is 0.322 e. The molecule has 37 heavy (non-hydrogen) atoms. The SMILES string of the molecule is CCOC(=O)C1CCN(C(=O)[C@@H](CC(C)C)N2CC3=C(C2=O)[C@@H](c2ccccc2)NC(=O)N3CC)CC1. The third-order valence-electron chi connectivity index (χ3n) is 7.48. The summed E-state index contributed by atoms with van der Waals surface area (Å²) in [4.78, 5) is 58.0. The first-order valence-corrected chi connectivity index (χ1v) is 13.4. The van der Waals surface area contributed by atoms with Gasteiger partial charge in [0.25, 0.3) is 5.91 Å². The molecule has 200 valence electrons. The van der Waals surface area contributed by atoms with E-state index in [2.05, 4.69) is 5.32 Å². The molecule has 3 heterocycles. The molecule has 0 bridgehead atoms. The van der Waals surface area contributed by atoms with Gasteiger partial charge >= 0.3 is 12.0 Å². The Morgan fingerprint density at radius 2 is 1.76 bits per heavy atom.